The summed E-state index contributed by atoms with van der Waals surface area (Å²) in [6.07, 6.45) is 0. The minimum atomic E-state index is 0.368. The molecule has 3 rings (SSSR count). The van der Waals surface area contributed by atoms with E-state index in [2.05, 4.69) is 32.0 Å². The van der Waals surface area contributed by atoms with Crippen molar-refractivity contribution in [3.05, 3.63) is 41.4 Å². The molecule has 0 aliphatic rings. The van der Waals surface area contributed by atoms with E-state index >= 15 is 0 Å². The predicted octanol–water partition coefficient (Wildman–Crippen LogP) is 4.68. The number of nitrogens with zero attached hydrogens (tertiary/aromatic N) is 1. The molecule has 108 valence electrons. The number of nitrogens with two attached hydrogens (primary N) is 1. The van der Waals surface area contributed by atoms with Crippen molar-refractivity contribution in [2.75, 3.05) is 12.8 Å². The molecule has 0 atom stereocenters. The second-order valence-corrected chi connectivity index (χ2v) is 6.35. The van der Waals surface area contributed by atoms with Gasteiger partial charge in [0.2, 0.25) is 0 Å². The number of ether oxygens (including phenoxy) is 1. The number of benzene rings is 2. The fourth-order valence-electron chi connectivity index (χ4n) is 2.44. The van der Waals surface area contributed by atoms with Gasteiger partial charge < -0.3 is 10.5 Å². The van der Waals surface area contributed by atoms with Crippen LogP contribution in [0.15, 0.2) is 36.4 Å². The molecule has 2 aromatic carbocycles. The van der Waals surface area contributed by atoms with Crippen molar-refractivity contribution in [3.8, 4) is 17.0 Å². The summed E-state index contributed by atoms with van der Waals surface area (Å²) in [7, 11) is 1.68. The van der Waals surface area contributed by atoms with Crippen molar-refractivity contribution in [2.24, 2.45) is 0 Å². The summed E-state index contributed by atoms with van der Waals surface area (Å²) in [5.74, 6) is 1.17. The Labute approximate surface area is 128 Å². The van der Waals surface area contributed by atoms with Crippen molar-refractivity contribution < 1.29 is 4.74 Å². The van der Waals surface area contributed by atoms with Crippen LogP contribution in [0, 0.1) is 0 Å². The standard InChI is InChI=1S/C17H18N2OS/c1-10(2)17-19-15(16(18)21-17)14-12-7-5-4-6-11(12)8-9-13(14)20-3/h4-10H,18H2,1-3H3. The second kappa shape index (κ2) is 5.37. The summed E-state index contributed by atoms with van der Waals surface area (Å²) in [6, 6.07) is 12.3. The van der Waals surface area contributed by atoms with Gasteiger partial charge in [0, 0.05) is 5.92 Å². The van der Waals surface area contributed by atoms with Crippen LogP contribution in [-0.4, -0.2) is 12.1 Å². The first-order valence-electron chi connectivity index (χ1n) is 6.94. The summed E-state index contributed by atoms with van der Waals surface area (Å²) >= 11 is 1.56. The van der Waals surface area contributed by atoms with E-state index in [1.807, 2.05) is 18.2 Å². The van der Waals surface area contributed by atoms with Gasteiger partial charge in [0.15, 0.2) is 0 Å². The molecule has 0 spiro atoms. The lowest BCUT2D eigenvalue weighted by Gasteiger charge is -2.11. The topological polar surface area (TPSA) is 48.1 Å². The molecule has 0 saturated carbocycles. The third-order valence-corrected chi connectivity index (χ3v) is 4.70. The average molecular weight is 298 g/mol. The Bertz CT molecular complexity index is 793. The monoisotopic (exact) mass is 298 g/mol. The molecule has 0 bridgehead atoms. The number of anilines is 1. The zero-order valence-electron chi connectivity index (χ0n) is 12.4. The molecule has 0 aliphatic carbocycles. The lowest BCUT2D eigenvalue weighted by molar-refractivity contribution is 0.417. The van der Waals surface area contributed by atoms with Crippen LogP contribution >= 0.6 is 11.3 Å². The van der Waals surface area contributed by atoms with Crippen molar-refractivity contribution in [3.63, 3.8) is 0 Å². The van der Waals surface area contributed by atoms with Crippen LogP contribution in [-0.2, 0) is 0 Å². The van der Waals surface area contributed by atoms with Gasteiger partial charge in [0.25, 0.3) is 0 Å². The molecule has 4 heteroatoms. The molecule has 0 unspecified atom stereocenters. The average Bonchev–Trinajstić information content (AvgIpc) is 2.88. The molecule has 1 aromatic heterocycles. The molecular formula is C17H18N2OS. The third-order valence-electron chi connectivity index (χ3n) is 3.51. The fourth-order valence-corrected chi connectivity index (χ4v) is 3.28. The Kier molecular flexibility index (Phi) is 3.55. The van der Waals surface area contributed by atoms with E-state index in [4.69, 9.17) is 15.5 Å². The van der Waals surface area contributed by atoms with Crippen molar-refractivity contribution >= 4 is 27.1 Å². The summed E-state index contributed by atoms with van der Waals surface area (Å²) in [5, 5.41) is 4.07. The van der Waals surface area contributed by atoms with E-state index in [0.717, 1.165) is 37.8 Å². The Morgan fingerprint density at radius 3 is 2.57 bits per heavy atom. The lowest BCUT2D eigenvalue weighted by Crippen LogP contribution is -1.93. The van der Waals surface area contributed by atoms with E-state index < -0.39 is 0 Å². The highest BCUT2D eigenvalue weighted by Crippen LogP contribution is 2.42. The largest absolute Gasteiger partial charge is 0.496 e. The Morgan fingerprint density at radius 1 is 1.14 bits per heavy atom. The molecule has 3 nitrogen and oxygen atoms in total. The van der Waals surface area contributed by atoms with Gasteiger partial charge in [-0.1, -0.05) is 44.2 Å². The zero-order chi connectivity index (χ0) is 15.0. The number of hydrogen-bond donors (Lipinski definition) is 1. The number of thiazole rings is 1. The number of rotatable bonds is 3. The molecule has 2 N–H and O–H groups in total. The summed E-state index contributed by atoms with van der Waals surface area (Å²) < 4.78 is 5.54. The number of nitrogen functional groups attached to an aromatic ring is 1. The first kappa shape index (κ1) is 13.9. The quantitative estimate of drug-likeness (QED) is 0.764. The van der Waals surface area contributed by atoms with Gasteiger partial charge in [-0.15, -0.1) is 11.3 Å². The molecular weight excluding hydrogens is 280 g/mol. The van der Waals surface area contributed by atoms with Crippen molar-refractivity contribution in [1.29, 1.82) is 0 Å². The van der Waals surface area contributed by atoms with E-state index in [1.54, 1.807) is 18.4 Å². The van der Waals surface area contributed by atoms with E-state index in [9.17, 15) is 0 Å². The maximum atomic E-state index is 6.23. The number of aromatic nitrogens is 1. The summed E-state index contributed by atoms with van der Waals surface area (Å²) in [5.41, 5.74) is 8.04. The fraction of sp³-hybridized carbons (Fsp3) is 0.235. The Balaban J connectivity index is 2.32. The first-order valence-corrected chi connectivity index (χ1v) is 7.75. The minimum Gasteiger partial charge on any atom is -0.496 e. The highest BCUT2D eigenvalue weighted by atomic mass is 32.1. The number of methoxy groups -OCH3 is 1. The zero-order valence-corrected chi connectivity index (χ0v) is 13.2. The number of fused-ring (bicyclic) bond motifs is 1. The number of hydrogen-bond acceptors (Lipinski definition) is 4. The molecule has 0 fully saturated rings. The van der Waals surface area contributed by atoms with Gasteiger partial charge in [0.1, 0.15) is 16.4 Å². The van der Waals surface area contributed by atoms with Gasteiger partial charge in [-0.25, -0.2) is 4.98 Å². The van der Waals surface area contributed by atoms with Crippen LogP contribution in [0.2, 0.25) is 0 Å². The van der Waals surface area contributed by atoms with Crippen LogP contribution in [0.3, 0.4) is 0 Å². The molecule has 0 aliphatic heterocycles. The SMILES string of the molecule is COc1ccc2ccccc2c1-c1nc(C(C)C)sc1N. The highest BCUT2D eigenvalue weighted by Gasteiger charge is 2.18. The lowest BCUT2D eigenvalue weighted by atomic mass is 10.0. The maximum Gasteiger partial charge on any atom is 0.129 e. The van der Waals surface area contributed by atoms with Crippen LogP contribution in [0.4, 0.5) is 5.00 Å². The molecule has 0 saturated heterocycles. The summed E-state index contributed by atoms with van der Waals surface area (Å²) in [6.45, 7) is 4.25. The van der Waals surface area contributed by atoms with E-state index in [0.29, 0.717) is 5.92 Å². The van der Waals surface area contributed by atoms with E-state index in [1.165, 1.54) is 0 Å². The summed E-state index contributed by atoms with van der Waals surface area (Å²) in [4.78, 5) is 4.75. The molecule has 3 aromatic rings. The van der Waals surface area contributed by atoms with Crippen LogP contribution in [0.25, 0.3) is 22.0 Å². The van der Waals surface area contributed by atoms with Crippen LogP contribution < -0.4 is 10.5 Å². The van der Waals surface area contributed by atoms with Crippen LogP contribution in [0.1, 0.15) is 24.8 Å². The molecule has 1 heterocycles. The van der Waals surface area contributed by atoms with Gasteiger partial charge in [0.05, 0.1) is 17.7 Å². The first-order chi connectivity index (χ1) is 10.1. The van der Waals surface area contributed by atoms with E-state index in [-0.39, 0.29) is 0 Å². The second-order valence-electron chi connectivity index (χ2n) is 5.28. The molecule has 0 amide bonds. The van der Waals surface area contributed by atoms with Crippen molar-refractivity contribution in [2.45, 2.75) is 19.8 Å². The Hall–Kier alpha value is -2.07. The third kappa shape index (κ3) is 2.36. The maximum absolute atomic E-state index is 6.23. The normalized spacial score (nSPS) is 11.2. The highest BCUT2D eigenvalue weighted by molar-refractivity contribution is 7.16. The Morgan fingerprint density at radius 2 is 1.90 bits per heavy atom. The van der Waals surface area contributed by atoms with Gasteiger partial charge >= 0.3 is 0 Å². The molecule has 0 radical (unpaired) electrons. The van der Waals surface area contributed by atoms with Crippen LogP contribution in [0.5, 0.6) is 5.75 Å². The minimum absolute atomic E-state index is 0.368. The smallest absolute Gasteiger partial charge is 0.129 e. The van der Waals surface area contributed by atoms with Gasteiger partial charge in [-0.3, -0.25) is 0 Å². The van der Waals surface area contributed by atoms with Crippen molar-refractivity contribution in [1.82, 2.24) is 4.98 Å². The predicted molar refractivity (Wildman–Crippen MR) is 90.1 cm³/mol. The van der Waals surface area contributed by atoms with Gasteiger partial charge in [-0.2, -0.15) is 0 Å². The molecule has 21 heavy (non-hydrogen) atoms. The van der Waals surface area contributed by atoms with Gasteiger partial charge in [-0.05, 0) is 16.8 Å².